The van der Waals surface area contributed by atoms with E-state index in [0.29, 0.717) is 16.6 Å². The summed E-state index contributed by atoms with van der Waals surface area (Å²) in [4.78, 5) is 29.6. The van der Waals surface area contributed by atoms with E-state index >= 15 is 0 Å². The van der Waals surface area contributed by atoms with Crippen molar-refractivity contribution in [3.8, 4) is 0 Å². The number of carboxylic acids is 1. The van der Waals surface area contributed by atoms with Crippen LogP contribution < -0.4 is 10.9 Å². The van der Waals surface area contributed by atoms with Crippen molar-refractivity contribution in [1.82, 2.24) is 9.55 Å². The van der Waals surface area contributed by atoms with Crippen LogP contribution in [0.3, 0.4) is 0 Å². The van der Waals surface area contributed by atoms with Crippen molar-refractivity contribution in [2.45, 2.75) is 45.1 Å². The zero-order valence-electron chi connectivity index (χ0n) is 17.1. The topological polar surface area (TPSA) is 84.2 Å². The molecule has 6 nitrogen and oxygen atoms in total. The number of aromatic nitrogens is 2. The van der Waals surface area contributed by atoms with Crippen molar-refractivity contribution in [3.63, 3.8) is 0 Å². The first kappa shape index (κ1) is 19.2. The highest BCUT2D eigenvalue weighted by atomic mass is 16.4. The summed E-state index contributed by atoms with van der Waals surface area (Å²) in [7, 11) is 1.79. The van der Waals surface area contributed by atoms with Crippen molar-refractivity contribution in [3.05, 3.63) is 69.3 Å². The molecule has 0 radical (unpaired) electrons. The molecule has 1 aliphatic carbocycles. The first-order valence-electron chi connectivity index (χ1n) is 9.82. The van der Waals surface area contributed by atoms with Gasteiger partial charge in [0.25, 0.3) is 5.56 Å². The van der Waals surface area contributed by atoms with Crippen molar-refractivity contribution < 1.29 is 9.90 Å². The molecule has 1 atom stereocenters. The van der Waals surface area contributed by atoms with E-state index in [1.165, 1.54) is 0 Å². The van der Waals surface area contributed by atoms with Crippen LogP contribution in [-0.4, -0.2) is 20.6 Å². The molecule has 0 saturated heterocycles. The minimum Gasteiger partial charge on any atom is -0.478 e. The van der Waals surface area contributed by atoms with Crippen LogP contribution >= 0.6 is 0 Å². The summed E-state index contributed by atoms with van der Waals surface area (Å²) in [5, 5.41) is 13.4. The molecule has 4 rings (SSSR count). The molecule has 6 heteroatoms. The van der Waals surface area contributed by atoms with Crippen LogP contribution in [-0.2, 0) is 12.5 Å². The summed E-state index contributed by atoms with van der Waals surface area (Å²) in [6, 6.07) is 10.5. The molecule has 150 valence electrons. The number of nitrogens with zero attached hydrogens (tertiary/aromatic N) is 2. The second-order valence-corrected chi connectivity index (χ2v) is 8.33. The molecule has 0 amide bonds. The van der Waals surface area contributed by atoms with E-state index in [4.69, 9.17) is 4.98 Å². The maximum absolute atomic E-state index is 13.1. The lowest BCUT2D eigenvalue weighted by atomic mass is 9.99. The van der Waals surface area contributed by atoms with Gasteiger partial charge in [-0.15, -0.1) is 0 Å². The normalized spacial score (nSPS) is 15.9. The highest BCUT2D eigenvalue weighted by Gasteiger charge is 2.43. The number of aromatic carboxylic acids is 1. The van der Waals surface area contributed by atoms with Gasteiger partial charge in [-0.2, -0.15) is 0 Å². The molecule has 1 heterocycles. The Hall–Kier alpha value is -3.15. The van der Waals surface area contributed by atoms with Gasteiger partial charge in [-0.3, -0.25) is 9.36 Å². The summed E-state index contributed by atoms with van der Waals surface area (Å²) >= 11 is 0. The van der Waals surface area contributed by atoms with E-state index < -0.39 is 5.97 Å². The third-order valence-electron chi connectivity index (χ3n) is 5.89. The third kappa shape index (κ3) is 3.28. The van der Waals surface area contributed by atoms with Crippen molar-refractivity contribution >= 4 is 22.6 Å². The molecular formula is C23H25N3O3. The second-order valence-electron chi connectivity index (χ2n) is 8.33. The Morgan fingerprint density at radius 3 is 2.62 bits per heavy atom. The number of rotatable bonds is 5. The minimum atomic E-state index is -0.981. The highest BCUT2D eigenvalue weighted by Crippen LogP contribution is 2.46. The summed E-state index contributed by atoms with van der Waals surface area (Å²) in [5.41, 5.74) is 3.22. The van der Waals surface area contributed by atoms with Gasteiger partial charge in [-0.1, -0.05) is 25.1 Å². The molecule has 29 heavy (non-hydrogen) atoms. The zero-order valence-corrected chi connectivity index (χ0v) is 17.1. The van der Waals surface area contributed by atoms with Crippen LogP contribution in [0.5, 0.6) is 0 Å². The van der Waals surface area contributed by atoms with Gasteiger partial charge in [-0.05, 0) is 50.5 Å². The lowest BCUT2D eigenvalue weighted by Gasteiger charge is -2.21. The molecule has 2 aromatic carbocycles. The van der Waals surface area contributed by atoms with E-state index in [-0.39, 0.29) is 22.6 Å². The summed E-state index contributed by atoms with van der Waals surface area (Å²) in [6.45, 7) is 6.06. The number of hydrogen-bond acceptors (Lipinski definition) is 4. The Kier molecular flexibility index (Phi) is 4.45. The first-order chi connectivity index (χ1) is 13.7. The SMILES string of the molecule is Cc1cc([C@@H](C)Nc2ccccc2C(=O)O)c2nc(C3(C)CC3)n(C)c(=O)c2c1. The summed E-state index contributed by atoms with van der Waals surface area (Å²) < 4.78 is 1.68. The second kappa shape index (κ2) is 6.72. The molecule has 0 aliphatic heterocycles. The monoisotopic (exact) mass is 391 g/mol. The molecule has 0 spiro atoms. The number of aryl methyl sites for hydroxylation is 1. The molecule has 1 aliphatic rings. The van der Waals surface area contributed by atoms with E-state index in [1.54, 1.807) is 35.9 Å². The summed E-state index contributed by atoms with van der Waals surface area (Å²) in [5.74, 6) is -0.163. The number of para-hydroxylation sites is 1. The fourth-order valence-corrected chi connectivity index (χ4v) is 3.94. The fraction of sp³-hybridized carbons (Fsp3) is 0.348. The highest BCUT2D eigenvalue weighted by molar-refractivity contribution is 5.94. The zero-order chi connectivity index (χ0) is 20.9. The molecule has 1 fully saturated rings. The van der Waals surface area contributed by atoms with Crippen LogP contribution in [0.1, 0.15) is 60.0 Å². The largest absolute Gasteiger partial charge is 0.478 e. The van der Waals surface area contributed by atoms with Crippen molar-refractivity contribution in [1.29, 1.82) is 0 Å². The van der Waals surface area contributed by atoms with E-state index in [2.05, 4.69) is 12.2 Å². The molecule has 0 bridgehead atoms. The Balaban J connectivity index is 1.86. The smallest absolute Gasteiger partial charge is 0.337 e. The van der Waals surface area contributed by atoms with Crippen molar-refractivity contribution in [2.75, 3.05) is 5.32 Å². The predicted octanol–water partition coefficient (Wildman–Crippen LogP) is 4.16. The Bertz CT molecular complexity index is 1190. The van der Waals surface area contributed by atoms with E-state index in [1.807, 2.05) is 26.0 Å². The maximum atomic E-state index is 13.1. The van der Waals surface area contributed by atoms with Gasteiger partial charge >= 0.3 is 5.97 Å². The molecule has 2 N–H and O–H groups in total. The number of carboxylic acid groups (broad SMARTS) is 1. The summed E-state index contributed by atoms with van der Waals surface area (Å²) in [6.07, 6.45) is 2.06. The lowest BCUT2D eigenvalue weighted by molar-refractivity contribution is 0.0698. The molecular weight excluding hydrogens is 366 g/mol. The van der Waals surface area contributed by atoms with Crippen LogP contribution in [0, 0.1) is 6.92 Å². The maximum Gasteiger partial charge on any atom is 0.337 e. The van der Waals surface area contributed by atoms with Gasteiger partial charge in [0.2, 0.25) is 0 Å². The van der Waals surface area contributed by atoms with Crippen LogP contribution in [0.25, 0.3) is 10.9 Å². The molecule has 1 aromatic heterocycles. The Labute approximate surface area is 169 Å². The van der Waals surface area contributed by atoms with Crippen LogP contribution in [0.4, 0.5) is 5.69 Å². The third-order valence-corrected chi connectivity index (χ3v) is 5.89. The quantitative estimate of drug-likeness (QED) is 0.682. The van der Waals surface area contributed by atoms with Crippen LogP contribution in [0.15, 0.2) is 41.2 Å². The predicted molar refractivity (Wildman–Crippen MR) is 114 cm³/mol. The van der Waals surface area contributed by atoms with Gasteiger partial charge in [0.15, 0.2) is 0 Å². The van der Waals surface area contributed by atoms with Crippen molar-refractivity contribution in [2.24, 2.45) is 7.05 Å². The van der Waals surface area contributed by atoms with Crippen LogP contribution in [0.2, 0.25) is 0 Å². The van der Waals surface area contributed by atoms with Gasteiger partial charge in [0.05, 0.1) is 22.5 Å². The van der Waals surface area contributed by atoms with E-state index in [9.17, 15) is 14.7 Å². The van der Waals surface area contributed by atoms with Gasteiger partial charge in [0, 0.05) is 23.7 Å². The number of anilines is 1. The Morgan fingerprint density at radius 1 is 1.28 bits per heavy atom. The van der Waals surface area contributed by atoms with E-state index in [0.717, 1.165) is 29.8 Å². The average Bonchev–Trinajstić information content (AvgIpc) is 3.43. The first-order valence-corrected chi connectivity index (χ1v) is 9.82. The Morgan fingerprint density at radius 2 is 1.97 bits per heavy atom. The van der Waals surface area contributed by atoms with Gasteiger partial charge < -0.3 is 10.4 Å². The number of nitrogens with one attached hydrogen (secondary N) is 1. The standard InChI is InChI=1S/C23H25N3O3/c1-13-11-16(14(2)24-18-8-6-5-7-15(18)21(28)29)19-17(12-13)20(27)26(4)22(25-19)23(3)9-10-23/h5-8,11-12,14,24H,9-10H2,1-4H3,(H,28,29)/t14-/m1/s1. The fourth-order valence-electron chi connectivity index (χ4n) is 3.94. The number of benzene rings is 2. The molecule has 3 aromatic rings. The molecule has 0 unspecified atom stereocenters. The minimum absolute atomic E-state index is 0.0405. The number of hydrogen-bond donors (Lipinski definition) is 2. The lowest BCUT2D eigenvalue weighted by Crippen LogP contribution is -2.27. The molecule has 1 saturated carbocycles. The number of carbonyl (C=O) groups is 1. The van der Waals surface area contributed by atoms with Gasteiger partial charge in [0.1, 0.15) is 5.82 Å². The van der Waals surface area contributed by atoms with Gasteiger partial charge in [-0.25, -0.2) is 9.78 Å². The number of fused-ring (bicyclic) bond motifs is 1. The average molecular weight is 391 g/mol.